The molecule has 1 aromatic carbocycles. The van der Waals surface area contributed by atoms with Gasteiger partial charge in [0.05, 0.1) is 24.6 Å². The van der Waals surface area contributed by atoms with E-state index in [1.807, 2.05) is 29.2 Å². The van der Waals surface area contributed by atoms with Crippen LogP contribution in [0.25, 0.3) is 11.3 Å². The van der Waals surface area contributed by atoms with E-state index in [1.165, 1.54) is 12.5 Å². The number of amides is 1. The third-order valence-electron chi connectivity index (χ3n) is 4.33. The number of rotatable bonds is 3. The van der Waals surface area contributed by atoms with Gasteiger partial charge in [0, 0.05) is 36.3 Å². The van der Waals surface area contributed by atoms with Gasteiger partial charge in [0.2, 0.25) is 0 Å². The van der Waals surface area contributed by atoms with Crippen molar-refractivity contribution in [2.24, 2.45) is 0 Å². The van der Waals surface area contributed by atoms with Crippen LogP contribution < -0.4 is 4.74 Å². The maximum atomic E-state index is 12.6. The van der Waals surface area contributed by atoms with E-state index in [9.17, 15) is 4.79 Å². The molecule has 1 aliphatic rings. The van der Waals surface area contributed by atoms with Crippen LogP contribution in [0.4, 0.5) is 0 Å². The Bertz CT molecular complexity index is 868. The fourth-order valence-corrected chi connectivity index (χ4v) is 3.05. The zero-order valence-electron chi connectivity index (χ0n) is 13.3. The van der Waals surface area contributed by atoms with Gasteiger partial charge in [-0.25, -0.2) is 0 Å². The van der Waals surface area contributed by atoms with Crippen molar-refractivity contribution in [3.05, 3.63) is 59.7 Å². The molecule has 0 aliphatic carbocycles. The molecule has 1 amide bonds. The Hall–Kier alpha value is -3.02. The van der Waals surface area contributed by atoms with Crippen LogP contribution in [0, 0.1) is 0 Å². The van der Waals surface area contributed by atoms with Gasteiger partial charge in [-0.2, -0.15) is 5.10 Å². The summed E-state index contributed by atoms with van der Waals surface area (Å²) < 4.78 is 10.3. The number of aromatic nitrogens is 2. The van der Waals surface area contributed by atoms with Crippen molar-refractivity contribution in [2.45, 2.75) is 13.0 Å². The molecule has 0 bridgehead atoms. The number of fused-ring (bicyclic) bond motifs is 1. The Morgan fingerprint density at radius 2 is 2.29 bits per heavy atom. The van der Waals surface area contributed by atoms with Crippen LogP contribution in [0.3, 0.4) is 0 Å². The Balaban J connectivity index is 1.65. The lowest BCUT2D eigenvalue weighted by Crippen LogP contribution is -2.35. The van der Waals surface area contributed by atoms with Crippen LogP contribution in [0.2, 0.25) is 0 Å². The minimum Gasteiger partial charge on any atom is -0.497 e. The Labute approximate surface area is 139 Å². The zero-order valence-corrected chi connectivity index (χ0v) is 13.3. The summed E-state index contributed by atoms with van der Waals surface area (Å²) in [6.45, 7) is 1.19. The molecule has 3 aromatic rings. The lowest BCUT2D eigenvalue weighted by Gasteiger charge is -2.26. The van der Waals surface area contributed by atoms with Crippen molar-refractivity contribution in [3.8, 4) is 17.0 Å². The predicted octanol–water partition coefficient (Wildman–Crippen LogP) is 2.88. The second-order valence-electron chi connectivity index (χ2n) is 5.75. The van der Waals surface area contributed by atoms with E-state index in [4.69, 9.17) is 9.15 Å². The number of nitrogens with one attached hydrogen (secondary N) is 1. The van der Waals surface area contributed by atoms with E-state index in [2.05, 4.69) is 10.2 Å². The van der Waals surface area contributed by atoms with Crippen molar-refractivity contribution in [1.29, 1.82) is 0 Å². The molecule has 0 fully saturated rings. The van der Waals surface area contributed by atoms with E-state index < -0.39 is 0 Å². The van der Waals surface area contributed by atoms with Gasteiger partial charge in [-0.05, 0) is 18.2 Å². The summed E-state index contributed by atoms with van der Waals surface area (Å²) in [6.07, 6.45) is 3.76. The van der Waals surface area contributed by atoms with Gasteiger partial charge >= 0.3 is 0 Å². The summed E-state index contributed by atoms with van der Waals surface area (Å²) in [6, 6.07) is 9.48. The van der Waals surface area contributed by atoms with Crippen LogP contribution in [0.1, 0.15) is 21.6 Å². The number of hydrogen-bond acceptors (Lipinski definition) is 4. The molecule has 1 N–H and O–H groups in total. The van der Waals surface area contributed by atoms with Gasteiger partial charge in [0.15, 0.2) is 0 Å². The summed E-state index contributed by atoms with van der Waals surface area (Å²) in [7, 11) is 1.64. The van der Waals surface area contributed by atoms with Crippen molar-refractivity contribution in [3.63, 3.8) is 0 Å². The summed E-state index contributed by atoms with van der Waals surface area (Å²) in [5.41, 5.74) is 4.57. The fraction of sp³-hybridized carbons (Fsp3) is 0.222. The highest BCUT2D eigenvalue weighted by atomic mass is 16.5. The number of aromatic amines is 1. The highest BCUT2D eigenvalue weighted by Gasteiger charge is 2.26. The van der Waals surface area contributed by atoms with Gasteiger partial charge < -0.3 is 14.1 Å². The number of methoxy groups -OCH3 is 1. The molecule has 0 radical (unpaired) electrons. The molecule has 122 valence electrons. The predicted molar refractivity (Wildman–Crippen MR) is 87.7 cm³/mol. The van der Waals surface area contributed by atoms with Crippen LogP contribution in [0.15, 0.2) is 47.3 Å². The fourth-order valence-electron chi connectivity index (χ4n) is 3.05. The number of hydrogen-bond donors (Lipinski definition) is 1. The first-order valence-electron chi connectivity index (χ1n) is 7.78. The molecule has 0 saturated carbocycles. The second-order valence-corrected chi connectivity index (χ2v) is 5.75. The van der Waals surface area contributed by atoms with E-state index >= 15 is 0 Å². The van der Waals surface area contributed by atoms with Crippen LogP contribution in [0.5, 0.6) is 5.75 Å². The smallest absolute Gasteiger partial charge is 0.257 e. The number of carbonyl (C=O) groups excluding carboxylic acids is 1. The summed E-state index contributed by atoms with van der Waals surface area (Å²) >= 11 is 0. The lowest BCUT2D eigenvalue weighted by molar-refractivity contribution is 0.0734. The lowest BCUT2D eigenvalue weighted by atomic mass is 10.0. The monoisotopic (exact) mass is 323 g/mol. The molecule has 6 heteroatoms. The average Bonchev–Trinajstić information content (AvgIpc) is 3.30. The van der Waals surface area contributed by atoms with Crippen LogP contribution in [-0.4, -0.2) is 34.7 Å². The molecular formula is C18H17N3O3. The van der Waals surface area contributed by atoms with E-state index in [-0.39, 0.29) is 5.91 Å². The minimum absolute atomic E-state index is 0.0211. The minimum atomic E-state index is -0.0211. The molecule has 3 heterocycles. The van der Waals surface area contributed by atoms with Crippen LogP contribution >= 0.6 is 0 Å². The first-order valence-corrected chi connectivity index (χ1v) is 7.78. The molecule has 0 atom stereocenters. The highest BCUT2D eigenvalue weighted by Crippen LogP contribution is 2.30. The molecule has 0 unspecified atom stereocenters. The third-order valence-corrected chi connectivity index (χ3v) is 4.33. The van der Waals surface area contributed by atoms with E-state index in [0.29, 0.717) is 18.7 Å². The molecule has 2 aromatic heterocycles. The van der Waals surface area contributed by atoms with Crippen molar-refractivity contribution in [1.82, 2.24) is 15.1 Å². The van der Waals surface area contributed by atoms with Crippen molar-refractivity contribution < 1.29 is 13.9 Å². The second kappa shape index (κ2) is 5.88. The number of H-pyrrole nitrogens is 1. The molecule has 1 aliphatic heterocycles. The number of nitrogens with zero attached hydrogens (tertiary/aromatic N) is 2. The molecule has 0 spiro atoms. The van der Waals surface area contributed by atoms with Gasteiger partial charge in [-0.1, -0.05) is 12.1 Å². The van der Waals surface area contributed by atoms with Crippen LogP contribution in [-0.2, 0) is 13.0 Å². The largest absolute Gasteiger partial charge is 0.497 e. The Kier molecular flexibility index (Phi) is 3.57. The number of ether oxygens (including phenoxy) is 1. The molecule has 24 heavy (non-hydrogen) atoms. The van der Waals surface area contributed by atoms with Crippen molar-refractivity contribution in [2.75, 3.05) is 13.7 Å². The van der Waals surface area contributed by atoms with Crippen molar-refractivity contribution >= 4 is 5.91 Å². The third kappa shape index (κ3) is 2.46. The Morgan fingerprint density at radius 1 is 1.38 bits per heavy atom. The highest BCUT2D eigenvalue weighted by molar-refractivity contribution is 5.94. The Morgan fingerprint density at radius 3 is 3.08 bits per heavy atom. The molecule has 6 nitrogen and oxygen atoms in total. The topological polar surface area (TPSA) is 71.4 Å². The summed E-state index contributed by atoms with van der Waals surface area (Å²) in [4.78, 5) is 14.4. The normalized spacial score (nSPS) is 13.6. The first kappa shape index (κ1) is 14.6. The van der Waals surface area contributed by atoms with Gasteiger partial charge in [-0.15, -0.1) is 0 Å². The van der Waals surface area contributed by atoms with E-state index in [0.717, 1.165) is 34.7 Å². The average molecular weight is 323 g/mol. The first-order chi connectivity index (χ1) is 11.8. The molecule has 0 saturated heterocycles. The molecule has 4 rings (SSSR count). The van der Waals surface area contributed by atoms with Gasteiger partial charge in [-0.3, -0.25) is 9.89 Å². The van der Waals surface area contributed by atoms with Gasteiger partial charge in [0.25, 0.3) is 5.91 Å². The zero-order chi connectivity index (χ0) is 16.5. The standard InChI is InChI=1S/C18H17N3O3/c1-23-14-4-2-3-12(9-14)17-15-10-21(7-5-16(15)19-20-17)18(22)13-6-8-24-11-13/h2-4,6,8-9,11H,5,7,10H2,1H3,(H,19,20). The van der Waals surface area contributed by atoms with E-state index in [1.54, 1.807) is 13.2 Å². The quantitative estimate of drug-likeness (QED) is 0.804. The maximum absolute atomic E-state index is 12.6. The summed E-state index contributed by atoms with van der Waals surface area (Å²) in [5, 5.41) is 7.57. The molecular weight excluding hydrogens is 306 g/mol. The number of carbonyl (C=O) groups is 1. The van der Waals surface area contributed by atoms with Gasteiger partial charge in [0.1, 0.15) is 12.0 Å². The number of furan rings is 1. The SMILES string of the molecule is COc1cccc(-c2n[nH]c3c2CN(C(=O)c2ccoc2)CC3)c1. The number of benzene rings is 1. The summed E-state index contributed by atoms with van der Waals surface area (Å²) in [5.74, 6) is 0.763. The maximum Gasteiger partial charge on any atom is 0.257 e.